The fraction of sp³-hybridized carbons (Fsp3) is 0.429. The second-order valence-corrected chi connectivity index (χ2v) is 14.3. The molecule has 0 saturated heterocycles. The summed E-state index contributed by atoms with van der Waals surface area (Å²) in [4.78, 5) is 37.4. The van der Waals surface area contributed by atoms with Crippen molar-refractivity contribution in [2.75, 3.05) is 6.61 Å². The molecule has 3 heterocycles. The van der Waals surface area contributed by atoms with E-state index >= 15 is 0 Å². The zero-order valence-electron chi connectivity index (χ0n) is 29.0. The molecule has 2 aromatic carbocycles. The lowest BCUT2D eigenvalue weighted by molar-refractivity contribution is -0.149. The Morgan fingerprint density at radius 3 is 2.31 bits per heavy atom. The van der Waals surface area contributed by atoms with Gasteiger partial charge in [-0.15, -0.1) is 0 Å². The van der Waals surface area contributed by atoms with Crippen molar-refractivity contribution in [2.45, 2.75) is 78.2 Å². The number of alkyl halides is 5. The Morgan fingerprint density at radius 1 is 1.02 bits per heavy atom. The molecule has 1 amide bonds. The van der Waals surface area contributed by atoms with E-state index in [4.69, 9.17) is 27.1 Å². The van der Waals surface area contributed by atoms with Gasteiger partial charge in [0, 0.05) is 11.8 Å². The highest BCUT2D eigenvalue weighted by Crippen LogP contribution is 2.45. The molecule has 11 nitrogen and oxygen atoms in total. The van der Waals surface area contributed by atoms with Crippen molar-refractivity contribution in [3.8, 4) is 16.8 Å². The van der Waals surface area contributed by atoms with Crippen LogP contribution in [0.5, 0.6) is 0 Å². The normalized spacial score (nSPS) is 18.2. The maximum atomic E-state index is 14.9. The van der Waals surface area contributed by atoms with Gasteiger partial charge in [-0.2, -0.15) is 19.0 Å². The molecule has 0 saturated carbocycles. The summed E-state index contributed by atoms with van der Waals surface area (Å²) in [6.07, 6.45) is -0.916. The van der Waals surface area contributed by atoms with Crippen molar-refractivity contribution in [1.82, 2.24) is 29.4 Å². The van der Waals surface area contributed by atoms with Crippen LogP contribution in [0.4, 0.5) is 22.0 Å². The van der Waals surface area contributed by atoms with Gasteiger partial charge in [0.15, 0.2) is 17.3 Å². The highest BCUT2D eigenvalue weighted by molar-refractivity contribution is 6.32. The molecule has 0 fully saturated rings. The van der Waals surface area contributed by atoms with Gasteiger partial charge in [-0.05, 0) is 53.5 Å². The Morgan fingerprint density at radius 2 is 1.71 bits per heavy atom. The predicted octanol–water partition coefficient (Wildman–Crippen LogP) is 7.57. The van der Waals surface area contributed by atoms with Crippen LogP contribution in [-0.2, 0) is 19.9 Å². The van der Waals surface area contributed by atoms with Crippen molar-refractivity contribution >= 4 is 29.4 Å². The Hall–Kier alpha value is -4.86. The van der Waals surface area contributed by atoms with Gasteiger partial charge >= 0.3 is 12.5 Å². The van der Waals surface area contributed by atoms with Crippen molar-refractivity contribution in [3.63, 3.8) is 0 Å². The van der Waals surface area contributed by atoms with Gasteiger partial charge < -0.3 is 10.5 Å². The quantitative estimate of drug-likeness (QED) is 0.110. The number of carbonyl (C=O) groups is 2. The summed E-state index contributed by atoms with van der Waals surface area (Å²) in [6.45, 7) is 5.35. The van der Waals surface area contributed by atoms with Crippen molar-refractivity contribution in [2.24, 2.45) is 22.1 Å². The number of benzene rings is 2. The lowest BCUT2D eigenvalue weighted by Crippen LogP contribution is -2.47. The molecule has 2 aromatic heterocycles. The van der Waals surface area contributed by atoms with Crippen LogP contribution in [0.1, 0.15) is 83.4 Å². The monoisotopic (exact) mass is 748 g/mol. The van der Waals surface area contributed by atoms with Crippen molar-refractivity contribution < 1.29 is 36.3 Å². The van der Waals surface area contributed by atoms with E-state index in [1.165, 1.54) is 42.4 Å². The number of esters is 1. The van der Waals surface area contributed by atoms with E-state index in [2.05, 4.69) is 15.2 Å². The lowest BCUT2D eigenvalue weighted by Gasteiger charge is -2.35. The number of nitrogens with two attached hydrogens (primary N) is 1. The van der Waals surface area contributed by atoms with Crippen LogP contribution in [0.25, 0.3) is 16.8 Å². The Balaban J connectivity index is 1.58. The molecule has 0 bridgehead atoms. The third-order valence-electron chi connectivity index (χ3n) is 8.75. The van der Waals surface area contributed by atoms with Gasteiger partial charge in [0.1, 0.15) is 19.1 Å². The number of amides is 1. The molecule has 2 N–H and O–H groups in total. The van der Waals surface area contributed by atoms with Crippen molar-refractivity contribution in [1.29, 1.82) is 0 Å². The second kappa shape index (κ2) is 15.0. The molecule has 4 atom stereocenters. The van der Waals surface area contributed by atoms with Gasteiger partial charge in [-0.25, -0.2) is 32.5 Å². The number of ether oxygens (including phenoxy) is 1. The maximum absolute atomic E-state index is 14.9. The van der Waals surface area contributed by atoms with Gasteiger partial charge in [-0.1, -0.05) is 69.6 Å². The molecule has 0 radical (unpaired) electrons. The zero-order valence-corrected chi connectivity index (χ0v) is 29.7. The van der Waals surface area contributed by atoms with Crippen LogP contribution in [-0.4, -0.2) is 60.1 Å². The summed E-state index contributed by atoms with van der Waals surface area (Å²) >= 11 is 6.45. The topological polar surface area (TPSA) is 134 Å². The van der Waals surface area contributed by atoms with Gasteiger partial charge in [0.25, 0.3) is 12.3 Å². The minimum atomic E-state index is -2.99. The number of hydrogen-bond donors (Lipinski definition) is 1. The average Bonchev–Trinajstić information content (AvgIpc) is 3.81. The van der Waals surface area contributed by atoms with Gasteiger partial charge in [-0.3, -0.25) is 14.5 Å². The third kappa shape index (κ3) is 7.96. The Kier molecular flexibility index (Phi) is 11.1. The number of carbonyl (C=O) groups excluding carboxylic acids is 2. The second-order valence-electron chi connectivity index (χ2n) is 13.9. The number of hydrogen-bond acceptors (Lipinski definition) is 8. The Labute approximate surface area is 301 Å². The highest BCUT2D eigenvalue weighted by atomic mass is 35.5. The van der Waals surface area contributed by atoms with Crippen LogP contribution >= 0.6 is 11.6 Å². The first kappa shape index (κ1) is 38.4. The minimum absolute atomic E-state index is 0.0111. The molecule has 1 aliphatic rings. The van der Waals surface area contributed by atoms with E-state index < -0.39 is 66.4 Å². The van der Waals surface area contributed by atoms with Crippen LogP contribution in [0, 0.1) is 11.3 Å². The van der Waals surface area contributed by atoms with E-state index in [9.17, 15) is 31.5 Å². The first-order valence-electron chi connectivity index (χ1n) is 16.3. The molecule has 278 valence electrons. The fourth-order valence-corrected chi connectivity index (χ4v) is 6.26. The number of nitrogens with zero attached hydrogens (tertiary/aromatic N) is 7. The molecule has 1 aliphatic heterocycles. The molecule has 17 heteroatoms. The maximum Gasteiger partial charge on any atom is 0.333 e. The molecule has 0 spiro atoms. The predicted molar refractivity (Wildman–Crippen MR) is 183 cm³/mol. The highest BCUT2D eigenvalue weighted by Gasteiger charge is 2.53. The standard InChI is InChI=1S/C35H38ClF5N8O3/c1-19(20(2)37)12-28(50)52-16-27(22-8-11-25(36)26(13-22)49-30(29(38)39)43-18-45-49)48-31(51)35(46-33(48)42,17-34(3,4)5)24-9-6-21(7-10-24)23-14-44-47(15-23)32(40)41/h6-11,13-15,18-20,27,29,32H,12,16-17H2,1-5H3,(H2,42,46)/t19-,20?,27+,35+/m0/s1. The Bertz CT molecular complexity index is 1940. The summed E-state index contributed by atoms with van der Waals surface area (Å²) in [7, 11) is 0. The minimum Gasteiger partial charge on any atom is -0.463 e. The molecule has 1 unspecified atom stereocenters. The molecular weight excluding hydrogens is 711 g/mol. The van der Waals surface area contributed by atoms with Crippen molar-refractivity contribution in [3.05, 3.63) is 83.2 Å². The first-order valence-corrected chi connectivity index (χ1v) is 16.7. The summed E-state index contributed by atoms with van der Waals surface area (Å²) in [5.41, 5.74) is 6.22. The number of guanidine groups is 1. The lowest BCUT2D eigenvalue weighted by atomic mass is 9.75. The number of halogens is 6. The molecule has 0 aliphatic carbocycles. The zero-order chi connectivity index (χ0) is 38.1. The van der Waals surface area contributed by atoms with E-state index in [0.717, 1.165) is 11.0 Å². The van der Waals surface area contributed by atoms with E-state index in [-0.39, 0.29) is 35.1 Å². The molecule has 52 heavy (non-hydrogen) atoms. The van der Waals surface area contributed by atoms with Crippen LogP contribution < -0.4 is 5.73 Å². The smallest absolute Gasteiger partial charge is 0.333 e. The third-order valence-corrected chi connectivity index (χ3v) is 9.07. The van der Waals surface area contributed by atoms with Crippen LogP contribution in [0.3, 0.4) is 0 Å². The van der Waals surface area contributed by atoms with E-state index in [1.54, 1.807) is 31.2 Å². The van der Waals surface area contributed by atoms with E-state index in [0.29, 0.717) is 21.4 Å². The van der Waals surface area contributed by atoms with Crippen LogP contribution in [0.15, 0.2) is 66.2 Å². The molecular formula is C35H38ClF5N8O3. The van der Waals surface area contributed by atoms with Gasteiger partial charge in [0.2, 0.25) is 0 Å². The fourth-order valence-electron chi connectivity index (χ4n) is 6.07. The number of aliphatic imine (C=N–C) groups is 1. The first-order chi connectivity index (χ1) is 24.4. The number of rotatable bonds is 13. The largest absolute Gasteiger partial charge is 0.463 e. The van der Waals surface area contributed by atoms with E-state index in [1.807, 2.05) is 20.8 Å². The average molecular weight is 749 g/mol. The summed E-state index contributed by atoms with van der Waals surface area (Å²) < 4.78 is 74.9. The van der Waals surface area contributed by atoms with Gasteiger partial charge in [0.05, 0.1) is 29.4 Å². The summed E-state index contributed by atoms with van der Waals surface area (Å²) in [5, 5.41) is 7.63. The molecule has 5 rings (SSSR count). The number of aromatic nitrogens is 5. The molecule has 4 aromatic rings. The SMILES string of the molecule is CC(F)[C@@H](C)CC(=O)OC[C@H](c1ccc(Cl)c(-n2ncnc2C(F)F)c1)N1C(=O)[C@@](CC(C)(C)C)(c2ccc(-c3cnn(C(F)F)c3)cc2)N=C1N. The summed E-state index contributed by atoms with van der Waals surface area (Å²) in [5.74, 6) is -2.85. The van der Waals surface area contributed by atoms with Crippen LogP contribution in [0.2, 0.25) is 5.02 Å². The summed E-state index contributed by atoms with van der Waals surface area (Å²) in [6, 6.07) is 9.81.